The van der Waals surface area contributed by atoms with Crippen LogP contribution in [0.3, 0.4) is 0 Å². The zero-order valence-electron chi connectivity index (χ0n) is 8.66. The van der Waals surface area contributed by atoms with E-state index in [0.29, 0.717) is 9.75 Å². The summed E-state index contributed by atoms with van der Waals surface area (Å²) >= 11 is 2.78. The highest BCUT2D eigenvalue weighted by Gasteiger charge is 2.41. The van der Waals surface area contributed by atoms with Crippen molar-refractivity contribution in [2.75, 3.05) is 7.11 Å². The maximum Gasteiger partial charge on any atom is 0.193 e. The number of aliphatic hydroxyl groups is 2. The Morgan fingerprint density at radius 3 is 2.00 bits per heavy atom. The first-order valence-corrected chi connectivity index (χ1v) is 6.46. The molecule has 1 atom stereocenters. The normalized spacial score (nSPS) is 13.9. The van der Waals surface area contributed by atoms with Gasteiger partial charge in [0.2, 0.25) is 0 Å². The summed E-state index contributed by atoms with van der Waals surface area (Å²) in [6.45, 7) is 0. The Balaban J connectivity index is 2.49. The predicted molar refractivity (Wildman–Crippen MR) is 64.7 cm³/mol. The lowest BCUT2D eigenvalue weighted by Gasteiger charge is -2.29. The molecule has 1 unspecified atom stereocenters. The molecule has 0 fully saturated rings. The Bertz CT molecular complexity index is 388. The van der Waals surface area contributed by atoms with E-state index in [1.807, 2.05) is 22.9 Å². The van der Waals surface area contributed by atoms with Crippen molar-refractivity contribution in [1.82, 2.24) is 0 Å². The monoisotopic (exact) mass is 256 g/mol. The third-order valence-corrected chi connectivity index (χ3v) is 4.36. The standard InChI is InChI=1S/C11H12O3S2/c1-14-10(12)11(13,8-4-2-6-15-8)9-5-3-7-16-9/h2-7,10,12-13H,1H3. The van der Waals surface area contributed by atoms with Gasteiger partial charge in [-0.3, -0.25) is 0 Å². The fourth-order valence-electron chi connectivity index (χ4n) is 1.53. The highest BCUT2D eigenvalue weighted by molar-refractivity contribution is 7.11. The Morgan fingerprint density at radius 1 is 1.19 bits per heavy atom. The van der Waals surface area contributed by atoms with Crippen LogP contribution in [0.5, 0.6) is 0 Å². The van der Waals surface area contributed by atoms with E-state index in [9.17, 15) is 10.2 Å². The van der Waals surface area contributed by atoms with Crippen LogP contribution in [-0.2, 0) is 10.3 Å². The van der Waals surface area contributed by atoms with Crippen LogP contribution in [0.15, 0.2) is 35.0 Å². The average Bonchev–Trinajstić information content (AvgIpc) is 2.98. The molecule has 0 aromatic carbocycles. The van der Waals surface area contributed by atoms with E-state index in [2.05, 4.69) is 0 Å². The fraction of sp³-hybridized carbons (Fsp3) is 0.273. The molecule has 2 rings (SSSR count). The van der Waals surface area contributed by atoms with Crippen molar-refractivity contribution in [1.29, 1.82) is 0 Å². The second-order valence-electron chi connectivity index (χ2n) is 3.31. The third-order valence-electron chi connectivity index (χ3n) is 2.37. The van der Waals surface area contributed by atoms with Crippen LogP contribution in [0, 0.1) is 0 Å². The first-order chi connectivity index (χ1) is 7.69. The highest BCUT2D eigenvalue weighted by atomic mass is 32.1. The van der Waals surface area contributed by atoms with Gasteiger partial charge in [0, 0.05) is 16.9 Å². The van der Waals surface area contributed by atoms with Gasteiger partial charge in [-0.15, -0.1) is 22.7 Å². The molecule has 0 spiro atoms. The summed E-state index contributed by atoms with van der Waals surface area (Å²) in [5.74, 6) is 0. The molecule has 2 aromatic heterocycles. The van der Waals surface area contributed by atoms with Gasteiger partial charge in [-0.2, -0.15) is 0 Å². The second-order valence-corrected chi connectivity index (χ2v) is 5.20. The molecule has 0 bridgehead atoms. The van der Waals surface area contributed by atoms with Crippen molar-refractivity contribution in [2.24, 2.45) is 0 Å². The zero-order valence-corrected chi connectivity index (χ0v) is 10.3. The van der Waals surface area contributed by atoms with Gasteiger partial charge < -0.3 is 14.9 Å². The number of rotatable bonds is 4. The van der Waals surface area contributed by atoms with Gasteiger partial charge in [-0.25, -0.2) is 0 Å². The lowest BCUT2D eigenvalue weighted by molar-refractivity contribution is -0.184. The average molecular weight is 256 g/mol. The number of hydrogen-bond donors (Lipinski definition) is 2. The molecule has 0 aliphatic carbocycles. The highest BCUT2D eigenvalue weighted by Crippen LogP contribution is 2.38. The lowest BCUT2D eigenvalue weighted by atomic mass is 9.99. The molecule has 16 heavy (non-hydrogen) atoms. The van der Waals surface area contributed by atoms with Crippen LogP contribution in [-0.4, -0.2) is 23.6 Å². The number of ether oxygens (including phenoxy) is 1. The lowest BCUT2D eigenvalue weighted by Crippen LogP contribution is -2.40. The van der Waals surface area contributed by atoms with Crippen molar-refractivity contribution in [2.45, 2.75) is 11.9 Å². The van der Waals surface area contributed by atoms with Crippen LogP contribution >= 0.6 is 22.7 Å². The van der Waals surface area contributed by atoms with E-state index in [1.54, 1.807) is 12.1 Å². The SMILES string of the molecule is COC(O)C(O)(c1cccs1)c1cccs1. The molecule has 0 aliphatic rings. The van der Waals surface area contributed by atoms with Crippen LogP contribution in [0.1, 0.15) is 9.75 Å². The van der Waals surface area contributed by atoms with E-state index in [0.717, 1.165) is 0 Å². The van der Waals surface area contributed by atoms with Gasteiger partial charge in [0.1, 0.15) is 0 Å². The molecule has 0 amide bonds. The minimum absolute atomic E-state index is 0.671. The molecule has 0 radical (unpaired) electrons. The first kappa shape index (κ1) is 11.8. The van der Waals surface area contributed by atoms with Crippen LogP contribution < -0.4 is 0 Å². The van der Waals surface area contributed by atoms with Gasteiger partial charge in [-0.1, -0.05) is 12.1 Å². The Morgan fingerprint density at radius 2 is 1.69 bits per heavy atom. The molecule has 3 nitrogen and oxygen atoms in total. The molecule has 0 saturated carbocycles. The number of methoxy groups -OCH3 is 1. The van der Waals surface area contributed by atoms with Crippen molar-refractivity contribution in [3.05, 3.63) is 44.8 Å². The topological polar surface area (TPSA) is 49.7 Å². The molecule has 0 saturated heterocycles. The Kier molecular flexibility index (Phi) is 3.41. The number of aliphatic hydroxyl groups excluding tert-OH is 1. The summed E-state index contributed by atoms with van der Waals surface area (Å²) in [6, 6.07) is 7.24. The van der Waals surface area contributed by atoms with Gasteiger partial charge in [-0.05, 0) is 22.9 Å². The van der Waals surface area contributed by atoms with Crippen LogP contribution in [0.2, 0.25) is 0 Å². The molecule has 0 aliphatic heterocycles. The molecular formula is C11H12O3S2. The largest absolute Gasteiger partial charge is 0.374 e. The predicted octanol–water partition coefficient (Wildman–Crippen LogP) is 2.01. The Hall–Kier alpha value is -0.720. The minimum atomic E-state index is -1.48. The van der Waals surface area contributed by atoms with E-state index in [1.165, 1.54) is 29.8 Å². The summed E-state index contributed by atoms with van der Waals surface area (Å²) in [5.41, 5.74) is -1.48. The zero-order chi connectivity index (χ0) is 11.6. The number of thiophene rings is 2. The quantitative estimate of drug-likeness (QED) is 0.823. The first-order valence-electron chi connectivity index (χ1n) is 4.70. The molecular weight excluding hydrogens is 244 g/mol. The number of hydrogen-bond acceptors (Lipinski definition) is 5. The summed E-state index contributed by atoms with van der Waals surface area (Å²) in [5, 5.41) is 24.2. The van der Waals surface area contributed by atoms with E-state index < -0.39 is 11.9 Å². The second kappa shape index (κ2) is 4.65. The van der Waals surface area contributed by atoms with Gasteiger partial charge >= 0.3 is 0 Å². The van der Waals surface area contributed by atoms with Gasteiger partial charge in [0.15, 0.2) is 11.9 Å². The molecule has 86 valence electrons. The summed E-state index contributed by atoms with van der Waals surface area (Å²) < 4.78 is 4.88. The maximum atomic E-state index is 10.6. The molecule has 5 heteroatoms. The smallest absolute Gasteiger partial charge is 0.193 e. The van der Waals surface area contributed by atoms with E-state index >= 15 is 0 Å². The van der Waals surface area contributed by atoms with E-state index in [-0.39, 0.29) is 0 Å². The van der Waals surface area contributed by atoms with Crippen molar-refractivity contribution in [3.63, 3.8) is 0 Å². The molecule has 2 aromatic rings. The Labute approximate surface area is 102 Å². The van der Waals surface area contributed by atoms with Crippen LogP contribution in [0.25, 0.3) is 0 Å². The van der Waals surface area contributed by atoms with Crippen LogP contribution in [0.4, 0.5) is 0 Å². The summed E-state index contributed by atoms with van der Waals surface area (Å²) in [6.07, 6.45) is -1.27. The molecule has 2 heterocycles. The third kappa shape index (κ3) is 1.81. The van der Waals surface area contributed by atoms with Gasteiger partial charge in [0.05, 0.1) is 0 Å². The summed E-state index contributed by atoms with van der Waals surface area (Å²) in [4.78, 5) is 1.34. The van der Waals surface area contributed by atoms with Crippen molar-refractivity contribution >= 4 is 22.7 Å². The maximum absolute atomic E-state index is 10.6. The summed E-state index contributed by atoms with van der Waals surface area (Å²) in [7, 11) is 1.37. The van der Waals surface area contributed by atoms with Crippen molar-refractivity contribution < 1.29 is 14.9 Å². The van der Waals surface area contributed by atoms with Crippen molar-refractivity contribution in [3.8, 4) is 0 Å². The van der Waals surface area contributed by atoms with Gasteiger partial charge in [0.25, 0.3) is 0 Å². The minimum Gasteiger partial charge on any atom is -0.374 e. The van der Waals surface area contributed by atoms with E-state index in [4.69, 9.17) is 4.74 Å². The fourth-order valence-corrected chi connectivity index (χ4v) is 3.29. The molecule has 2 N–H and O–H groups in total.